The molecule has 0 fully saturated rings. The Labute approximate surface area is 158 Å². The molecule has 2 aromatic carbocycles. The Morgan fingerprint density at radius 3 is 2.59 bits per heavy atom. The molecule has 7 heteroatoms. The Hall–Kier alpha value is -2.93. The van der Waals surface area contributed by atoms with Gasteiger partial charge < -0.3 is 15.0 Å². The summed E-state index contributed by atoms with van der Waals surface area (Å²) in [6, 6.07) is 13.4. The summed E-state index contributed by atoms with van der Waals surface area (Å²) < 4.78 is 7.02. The van der Waals surface area contributed by atoms with Gasteiger partial charge in [0.15, 0.2) is 0 Å². The molecule has 3 rings (SSSR count). The molecule has 1 atom stereocenters. The Balaban J connectivity index is 1.72. The highest BCUT2D eigenvalue weighted by Crippen LogP contribution is 2.21. The number of methoxy groups -OCH3 is 1. The van der Waals surface area contributed by atoms with Gasteiger partial charge in [-0.05, 0) is 56.9 Å². The number of aromatic nitrogens is 3. The van der Waals surface area contributed by atoms with Crippen LogP contribution in [0.15, 0.2) is 42.5 Å². The molecular weight excluding hydrogens is 342 g/mol. The van der Waals surface area contributed by atoms with Crippen molar-refractivity contribution in [3.63, 3.8) is 0 Å². The summed E-state index contributed by atoms with van der Waals surface area (Å²) in [5, 5.41) is 11.2. The van der Waals surface area contributed by atoms with E-state index in [4.69, 9.17) is 4.74 Å². The van der Waals surface area contributed by atoms with Crippen LogP contribution in [0.25, 0.3) is 11.0 Å². The molecule has 7 nitrogen and oxygen atoms in total. The monoisotopic (exact) mass is 367 g/mol. The molecular formula is C20H25N5O2. The van der Waals surface area contributed by atoms with Crippen LogP contribution in [0.4, 0.5) is 0 Å². The smallest absolute Gasteiger partial charge is 0.251 e. The van der Waals surface area contributed by atoms with E-state index in [2.05, 4.69) is 20.5 Å². The van der Waals surface area contributed by atoms with E-state index in [1.54, 1.807) is 13.2 Å². The average Bonchev–Trinajstić information content (AvgIpc) is 3.10. The molecule has 0 aliphatic carbocycles. The molecule has 0 radical (unpaired) electrons. The van der Waals surface area contributed by atoms with Crippen molar-refractivity contribution in [1.29, 1.82) is 0 Å². The number of amides is 1. The summed E-state index contributed by atoms with van der Waals surface area (Å²) in [6.07, 6.45) is 0. The van der Waals surface area contributed by atoms with Crippen molar-refractivity contribution in [2.75, 3.05) is 27.7 Å². The van der Waals surface area contributed by atoms with Crippen molar-refractivity contribution in [2.24, 2.45) is 0 Å². The maximum Gasteiger partial charge on any atom is 0.251 e. The molecule has 1 amide bonds. The van der Waals surface area contributed by atoms with E-state index in [1.807, 2.05) is 62.1 Å². The fourth-order valence-corrected chi connectivity index (χ4v) is 3.06. The first kappa shape index (κ1) is 18.8. The van der Waals surface area contributed by atoms with Crippen LogP contribution in [-0.2, 0) is 6.54 Å². The van der Waals surface area contributed by atoms with Crippen LogP contribution in [0.2, 0.25) is 0 Å². The minimum absolute atomic E-state index is 0.0598. The zero-order valence-electron chi connectivity index (χ0n) is 16.1. The molecule has 142 valence electrons. The van der Waals surface area contributed by atoms with Gasteiger partial charge in [-0.2, -0.15) is 0 Å². The molecule has 1 aromatic heterocycles. The average molecular weight is 367 g/mol. The van der Waals surface area contributed by atoms with Crippen molar-refractivity contribution in [3.8, 4) is 5.75 Å². The number of hydrogen-bond acceptors (Lipinski definition) is 5. The lowest BCUT2D eigenvalue weighted by atomic mass is 10.1. The second kappa shape index (κ2) is 8.18. The highest BCUT2D eigenvalue weighted by molar-refractivity contribution is 5.97. The van der Waals surface area contributed by atoms with Crippen LogP contribution >= 0.6 is 0 Å². The number of fused-ring (bicyclic) bond motifs is 1. The fourth-order valence-electron chi connectivity index (χ4n) is 3.06. The number of nitrogens with zero attached hydrogens (tertiary/aromatic N) is 4. The van der Waals surface area contributed by atoms with E-state index in [-0.39, 0.29) is 11.9 Å². The second-order valence-corrected chi connectivity index (χ2v) is 6.57. The van der Waals surface area contributed by atoms with Crippen LogP contribution in [0, 0.1) is 0 Å². The molecule has 0 bridgehead atoms. The summed E-state index contributed by atoms with van der Waals surface area (Å²) in [5.41, 5.74) is 3.35. The molecule has 1 N–H and O–H groups in total. The highest BCUT2D eigenvalue weighted by atomic mass is 16.5. The molecule has 27 heavy (non-hydrogen) atoms. The summed E-state index contributed by atoms with van der Waals surface area (Å²) in [7, 11) is 5.64. The number of aryl methyl sites for hydroxylation is 1. The van der Waals surface area contributed by atoms with Crippen molar-refractivity contribution in [2.45, 2.75) is 19.5 Å². The van der Waals surface area contributed by atoms with E-state index < -0.39 is 0 Å². The van der Waals surface area contributed by atoms with Crippen LogP contribution in [0.5, 0.6) is 5.75 Å². The first-order valence-electron chi connectivity index (χ1n) is 8.95. The van der Waals surface area contributed by atoms with Gasteiger partial charge in [0.25, 0.3) is 5.91 Å². The van der Waals surface area contributed by atoms with Crippen LogP contribution < -0.4 is 10.1 Å². The number of hydrogen-bond donors (Lipinski definition) is 1. The third-order valence-corrected chi connectivity index (χ3v) is 4.66. The van der Waals surface area contributed by atoms with E-state index in [1.165, 1.54) is 0 Å². The molecule has 0 saturated heterocycles. The minimum Gasteiger partial charge on any atom is -0.497 e. The van der Waals surface area contributed by atoms with E-state index in [9.17, 15) is 4.79 Å². The van der Waals surface area contributed by atoms with Crippen LogP contribution in [-0.4, -0.2) is 53.6 Å². The summed E-state index contributed by atoms with van der Waals surface area (Å²) in [5.74, 6) is 0.692. The third kappa shape index (κ3) is 4.09. The minimum atomic E-state index is -0.122. The number of benzene rings is 2. The van der Waals surface area contributed by atoms with Gasteiger partial charge in [0.1, 0.15) is 11.3 Å². The predicted molar refractivity (Wildman–Crippen MR) is 105 cm³/mol. The first-order valence-corrected chi connectivity index (χ1v) is 8.95. The molecule has 0 aliphatic rings. The Kier molecular flexibility index (Phi) is 5.71. The summed E-state index contributed by atoms with van der Waals surface area (Å²) in [4.78, 5) is 14.7. The SMILES string of the molecule is CCn1nnc2cc(C(=O)NCC(c3ccc(OC)cc3)N(C)C)ccc21. The predicted octanol–water partition coefficient (Wildman–Crippen LogP) is 2.49. The number of rotatable bonds is 7. The number of nitrogens with one attached hydrogen (secondary N) is 1. The van der Waals surface area contributed by atoms with Crippen LogP contribution in [0.1, 0.15) is 28.9 Å². The molecule has 1 unspecified atom stereocenters. The fraction of sp³-hybridized carbons (Fsp3) is 0.350. The van der Waals surface area contributed by atoms with Crippen molar-refractivity contribution in [3.05, 3.63) is 53.6 Å². The quantitative estimate of drug-likeness (QED) is 0.695. The third-order valence-electron chi connectivity index (χ3n) is 4.66. The summed E-state index contributed by atoms with van der Waals surface area (Å²) >= 11 is 0. The Morgan fingerprint density at radius 2 is 1.96 bits per heavy atom. The van der Waals surface area contributed by atoms with Crippen molar-refractivity contribution < 1.29 is 9.53 Å². The molecule has 0 aliphatic heterocycles. The van der Waals surface area contributed by atoms with Crippen LogP contribution in [0.3, 0.4) is 0 Å². The lowest BCUT2D eigenvalue weighted by molar-refractivity contribution is 0.0942. The van der Waals surface area contributed by atoms with Gasteiger partial charge in [0.05, 0.1) is 18.7 Å². The van der Waals surface area contributed by atoms with Gasteiger partial charge in [-0.25, -0.2) is 4.68 Å². The number of carbonyl (C=O) groups is 1. The second-order valence-electron chi connectivity index (χ2n) is 6.57. The highest BCUT2D eigenvalue weighted by Gasteiger charge is 2.17. The Morgan fingerprint density at radius 1 is 1.22 bits per heavy atom. The topological polar surface area (TPSA) is 72.3 Å². The van der Waals surface area contributed by atoms with Gasteiger partial charge in [0.2, 0.25) is 0 Å². The molecule has 1 heterocycles. The van der Waals surface area contributed by atoms with Crippen molar-refractivity contribution in [1.82, 2.24) is 25.2 Å². The Bertz CT molecular complexity index is 918. The van der Waals surface area contributed by atoms with Crippen molar-refractivity contribution >= 4 is 16.9 Å². The molecule has 3 aromatic rings. The van der Waals surface area contributed by atoms with E-state index in [0.717, 1.165) is 28.9 Å². The van der Waals surface area contributed by atoms with Gasteiger partial charge in [-0.3, -0.25) is 4.79 Å². The largest absolute Gasteiger partial charge is 0.497 e. The zero-order valence-corrected chi connectivity index (χ0v) is 16.1. The maximum atomic E-state index is 12.6. The van der Waals surface area contributed by atoms with Gasteiger partial charge in [-0.15, -0.1) is 5.10 Å². The van der Waals surface area contributed by atoms with E-state index in [0.29, 0.717) is 12.1 Å². The maximum absolute atomic E-state index is 12.6. The standard InChI is InChI=1S/C20H25N5O2/c1-5-25-18-11-8-15(12-17(18)22-23-25)20(26)21-13-19(24(2)3)14-6-9-16(27-4)10-7-14/h6-12,19H,5,13H2,1-4H3,(H,21,26). The lowest BCUT2D eigenvalue weighted by Gasteiger charge is -2.25. The number of carbonyl (C=O) groups excluding carboxylic acids is 1. The number of likely N-dealkylation sites (N-methyl/N-ethyl adjacent to an activating group) is 1. The summed E-state index contributed by atoms with van der Waals surface area (Å²) in [6.45, 7) is 3.25. The molecule has 0 saturated carbocycles. The molecule has 0 spiro atoms. The number of ether oxygens (including phenoxy) is 1. The lowest BCUT2D eigenvalue weighted by Crippen LogP contribution is -2.34. The zero-order chi connectivity index (χ0) is 19.4. The van der Waals surface area contributed by atoms with E-state index >= 15 is 0 Å². The van der Waals surface area contributed by atoms with Gasteiger partial charge in [0, 0.05) is 18.7 Å². The first-order chi connectivity index (χ1) is 13.0. The van der Waals surface area contributed by atoms with Gasteiger partial charge in [-0.1, -0.05) is 17.3 Å². The normalized spacial score (nSPS) is 12.3. The van der Waals surface area contributed by atoms with Gasteiger partial charge >= 0.3 is 0 Å².